The van der Waals surface area contributed by atoms with Crippen molar-refractivity contribution < 1.29 is 61.3 Å². The van der Waals surface area contributed by atoms with Gasteiger partial charge >= 0.3 is 0 Å². The van der Waals surface area contributed by atoms with Crippen molar-refractivity contribution in [1.82, 2.24) is 25.3 Å². The Balaban J connectivity index is 1.48. The number of nitrogens with one attached hydrogen (secondary N) is 2. The number of rotatable bonds is 21. The first kappa shape index (κ1) is 50.3. The average molecular weight is 860 g/mol. The van der Waals surface area contributed by atoms with Crippen LogP contribution in [0.4, 0.5) is 0 Å². The number of benzene rings is 3. The summed E-state index contributed by atoms with van der Waals surface area (Å²) in [4.78, 5) is 7.06. The summed E-state index contributed by atoms with van der Waals surface area (Å²) in [6.45, 7) is 8.50. The third kappa shape index (κ3) is 15.5. The van der Waals surface area contributed by atoms with Crippen molar-refractivity contribution in [2.75, 3.05) is 59.0 Å². The van der Waals surface area contributed by atoms with Gasteiger partial charge in [-0.2, -0.15) is 0 Å². The van der Waals surface area contributed by atoms with Crippen molar-refractivity contribution in [3.8, 4) is 11.5 Å². The van der Waals surface area contributed by atoms with Crippen molar-refractivity contribution in [3.05, 3.63) is 93.5 Å². The van der Waals surface area contributed by atoms with Crippen molar-refractivity contribution in [3.63, 3.8) is 0 Å². The largest absolute Gasteiger partial charge is 0.507 e. The van der Waals surface area contributed by atoms with Crippen molar-refractivity contribution in [2.24, 2.45) is 0 Å². The molecule has 0 amide bonds. The van der Waals surface area contributed by atoms with E-state index in [2.05, 4.69) is 37.5 Å². The number of nitrogens with zero attached hydrogens (tertiary/aromatic N) is 3. The molecular weight excluding hydrogens is 791 g/mol. The molecule has 17 nitrogen and oxygen atoms in total. The maximum absolute atomic E-state index is 11.5. The van der Waals surface area contributed by atoms with Crippen LogP contribution in [0.3, 0.4) is 0 Å². The van der Waals surface area contributed by atoms with Crippen LogP contribution in [0.5, 0.6) is 11.5 Å². The summed E-state index contributed by atoms with van der Waals surface area (Å²) in [5, 5.41) is 127. The molecule has 4 rings (SSSR count). The minimum atomic E-state index is -1.79. The highest BCUT2D eigenvalue weighted by molar-refractivity contribution is 5.44. The fraction of sp³-hybridized carbons (Fsp3) is 0.591. The van der Waals surface area contributed by atoms with Crippen LogP contribution in [0, 0.1) is 13.8 Å². The van der Waals surface area contributed by atoms with E-state index in [0.717, 1.165) is 68.8 Å². The lowest BCUT2D eigenvalue weighted by Gasteiger charge is -2.28. The number of aryl methyl sites for hydroxylation is 2. The van der Waals surface area contributed by atoms with Gasteiger partial charge in [-0.1, -0.05) is 65.7 Å². The number of aromatic hydroxyl groups is 2. The molecule has 0 saturated carbocycles. The summed E-state index contributed by atoms with van der Waals surface area (Å²) in [6, 6.07) is 17.8. The Labute approximate surface area is 358 Å². The van der Waals surface area contributed by atoms with Gasteiger partial charge in [0.2, 0.25) is 0 Å². The van der Waals surface area contributed by atoms with Gasteiger partial charge in [0, 0.05) is 74.6 Å². The Bertz CT molecular complexity index is 1740. The molecule has 3 aromatic rings. The van der Waals surface area contributed by atoms with Crippen LogP contribution >= 0.6 is 0 Å². The summed E-state index contributed by atoms with van der Waals surface area (Å²) in [5.74, 6) is 0.156. The van der Waals surface area contributed by atoms with Crippen molar-refractivity contribution in [1.29, 1.82) is 0 Å². The third-order valence-corrected chi connectivity index (χ3v) is 11.2. The second-order valence-electron chi connectivity index (χ2n) is 16.4. The van der Waals surface area contributed by atoms with E-state index < -0.39 is 62.2 Å². The number of aliphatic hydroxyl groups is 10. The molecule has 61 heavy (non-hydrogen) atoms. The molecule has 1 heterocycles. The summed E-state index contributed by atoms with van der Waals surface area (Å²) in [7, 11) is 0. The standard InChI is InChI=1S/C44H69N5O12/c1-28-16-31(20-45-22-35(52)40(57)41(58)36(53)26-50)38(55)33(18-28)24-47-10-6-12-48(23-30-8-4-3-5-9-30)14-15-49(13-7-11-47)25-34-19-29(2)17-32(39(34)56)21-46-44(61)43(60)42(59)37(54)27-51/h3-5,8-9,16-19,35-37,40-46,50-61H,6-7,10-15,20-27H2,1-2H3. The fourth-order valence-electron chi connectivity index (χ4n) is 7.73. The summed E-state index contributed by atoms with van der Waals surface area (Å²) in [6.07, 6.45) is -11.6. The molecule has 3 aromatic carbocycles. The zero-order valence-corrected chi connectivity index (χ0v) is 35.3. The SMILES string of the molecule is Cc1cc(CNCC(O)C(O)C(O)C(O)CO)c(O)c(CN2CCCN(Cc3ccccc3)CCN(Cc3cc(C)cc(CNC(O)C(O)C(O)C(O)CO)c3O)CCC2)c1. The Morgan fingerprint density at radius 3 is 1.46 bits per heavy atom. The molecule has 8 unspecified atom stereocenters. The van der Waals surface area contributed by atoms with E-state index in [1.807, 2.05) is 50.2 Å². The minimum absolute atomic E-state index is 0.0387. The first-order valence-corrected chi connectivity index (χ1v) is 21.1. The van der Waals surface area contributed by atoms with Gasteiger partial charge in [-0.05, 0) is 58.4 Å². The second-order valence-corrected chi connectivity index (χ2v) is 16.4. The normalized spacial score (nSPS) is 19.3. The zero-order valence-electron chi connectivity index (χ0n) is 35.3. The van der Waals surface area contributed by atoms with E-state index in [1.54, 1.807) is 6.07 Å². The van der Waals surface area contributed by atoms with E-state index in [1.165, 1.54) is 5.56 Å². The predicted octanol–water partition coefficient (Wildman–Crippen LogP) is -1.68. The monoisotopic (exact) mass is 859 g/mol. The number of phenolic OH excluding ortho intramolecular Hbond substituents is 2. The molecule has 8 atom stereocenters. The van der Waals surface area contributed by atoms with Gasteiger partial charge in [-0.3, -0.25) is 20.0 Å². The van der Waals surface area contributed by atoms with Gasteiger partial charge in [-0.15, -0.1) is 0 Å². The number of aliphatic hydroxyl groups excluding tert-OH is 10. The van der Waals surface area contributed by atoms with E-state index in [4.69, 9.17) is 10.2 Å². The molecule has 342 valence electrons. The highest BCUT2D eigenvalue weighted by Gasteiger charge is 2.31. The van der Waals surface area contributed by atoms with Crippen molar-refractivity contribution >= 4 is 0 Å². The van der Waals surface area contributed by atoms with Gasteiger partial charge in [0.1, 0.15) is 54.4 Å². The molecule has 0 spiro atoms. The lowest BCUT2D eigenvalue weighted by molar-refractivity contribution is -0.122. The highest BCUT2D eigenvalue weighted by atomic mass is 16.4. The van der Waals surface area contributed by atoms with E-state index in [-0.39, 0.29) is 31.1 Å². The topological polar surface area (TPSA) is 277 Å². The van der Waals surface area contributed by atoms with Gasteiger partial charge in [0.05, 0.1) is 19.3 Å². The Kier molecular flexibility index (Phi) is 20.7. The maximum Gasteiger partial charge on any atom is 0.134 e. The molecule has 17 heteroatoms. The quantitative estimate of drug-likeness (QED) is 0.0533. The third-order valence-electron chi connectivity index (χ3n) is 11.2. The summed E-state index contributed by atoms with van der Waals surface area (Å²) < 4.78 is 0. The lowest BCUT2D eigenvalue weighted by Crippen LogP contribution is -2.51. The Hall–Kier alpha value is -3.34. The van der Waals surface area contributed by atoms with Crippen LogP contribution < -0.4 is 10.6 Å². The fourth-order valence-corrected chi connectivity index (χ4v) is 7.73. The molecule has 1 saturated heterocycles. The molecule has 0 aliphatic carbocycles. The first-order valence-electron chi connectivity index (χ1n) is 21.1. The second kappa shape index (κ2) is 25.1. The Morgan fingerprint density at radius 2 is 0.951 bits per heavy atom. The Morgan fingerprint density at radius 1 is 0.525 bits per heavy atom. The van der Waals surface area contributed by atoms with Crippen LogP contribution in [-0.2, 0) is 32.7 Å². The van der Waals surface area contributed by atoms with Crippen molar-refractivity contribution in [2.45, 2.75) is 108 Å². The molecule has 0 radical (unpaired) electrons. The number of hydrogen-bond donors (Lipinski definition) is 14. The smallest absolute Gasteiger partial charge is 0.134 e. The molecular formula is C44H69N5O12. The van der Waals surface area contributed by atoms with Crippen LogP contribution in [-0.4, -0.2) is 184 Å². The van der Waals surface area contributed by atoms with Gasteiger partial charge < -0.3 is 66.6 Å². The molecule has 14 N–H and O–H groups in total. The maximum atomic E-state index is 11.5. The van der Waals surface area contributed by atoms with E-state index in [9.17, 15) is 51.1 Å². The first-order chi connectivity index (χ1) is 29.1. The zero-order chi connectivity index (χ0) is 44.6. The van der Waals surface area contributed by atoms with Gasteiger partial charge in [-0.25, -0.2) is 0 Å². The molecule has 0 aromatic heterocycles. The molecule has 1 aliphatic rings. The minimum Gasteiger partial charge on any atom is -0.507 e. The van der Waals surface area contributed by atoms with Gasteiger partial charge in [0.25, 0.3) is 0 Å². The predicted molar refractivity (Wildman–Crippen MR) is 228 cm³/mol. The number of hydrogen-bond acceptors (Lipinski definition) is 17. The molecule has 1 aliphatic heterocycles. The lowest BCUT2D eigenvalue weighted by atomic mass is 10.0. The van der Waals surface area contributed by atoms with E-state index >= 15 is 0 Å². The average Bonchev–Trinajstić information content (AvgIpc) is 3.29. The highest BCUT2D eigenvalue weighted by Crippen LogP contribution is 2.28. The van der Waals surface area contributed by atoms with E-state index in [0.29, 0.717) is 36.3 Å². The van der Waals surface area contributed by atoms with Crippen LogP contribution in [0.1, 0.15) is 51.8 Å². The van der Waals surface area contributed by atoms with Crippen LogP contribution in [0.2, 0.25) is 0 Å². The summed E-state index contributed by atoms with van der Waals surface area (Å²) >= 11 is 0. The van der Waals surface area contributed by atoms with Crippen LogP contribution in [0.15, 0.2) is 54.6 Å². The van der Waals surface area contributed by atoms with Gasteiger partial charge in [0.15, 0.2) is 0 Å². The molecule has 1 fully saturated rings. The summed E-state index contributed by atoms with van der Waals surface area (Å²) in [5.41, 5.74) is 5.52. The number of phenols is 2. The van der Waals surface area contributed by atoms with Crippen LogP contribution in [0.25, 0.3) is 0 Å². The molecule has 0 bridgehead atoms.